The molecule has 0 aromatic carbocycles. The summed E-state index contributed by atoms with van der Waals surface area (Å²) in [5.74, 6) is 0. The molecule has 0 aliphatic rings. The first-order valence-electron chi connectivity index (χ1n) is 6.24. The number of aromatic nitrogens is 3. The quantitative estimate of drug-likeness (QED) is 0.813. The maximum atomic E-state index is 4.56. The zero-order chi connectivity index (χ0) is 12.8. The van der Waals surface area contributed by atoms with Gasteiger partial charge in [0.05, 0.1) is 11.9 Å². The van der Waals surface area contributed by atoms with Crippen LogP contribution in [0.15, 0.2) is 18.6 Å². The fourth-order valence-electron chi connectivity index (χ4n) is 1.61. The number of thiazole rings is 1. The van der Waals surface area contributed by atoms with Crippen molar-refractivity contribution in [2.45, 2.75) is 33.2 Å². The molecule has 0 saturated carbocycles. The van der Waals surface area contributed by atoms with Gasteiger partial charge in [-0.05, 0) is 19.9 Å². The van der Waals surface area contributed by atoms with Gasteiger partial charge in [0.15, 0.2) is 0 Å². The van der Waals surface area contributed by atoms with E-state index in [-0.39, 0.29) is 0 Å². The Bertz CT molecular complexity index is 481. The molecule has 0 bridgehead atoms. The highest BCUT2D eigenvalue weighted by atomic mass is 32.1. The molecule has 0 amide bonds. The van der Waals surface area contributed by atoms with Crippen LogP contribution in [0.5, 0.6) is 0 Å². The zero-order valence-corrected chi connectivity index (χ0v) is 11.6. The summed E-state index contributed by atoms with van der Waals surface area (Å²) in [6.45, 7) is 6.21. The van der Waals surface area contributed by atoms with Gasteiger partial charge in [-0.15, -0.1) is 11.3 Å². The van der Waals surface area contributed by atoms with Crippen LogP contribution in [0, 0.1) is 6.92 Å². The van der Waals surface area contributed by atoms with Crippen LogP contribution in [0.3, 0.4) is 0 Å². The molecular weight excluding hydrogens is 244 g/mol. The van der Waals surface area contributed by atoms with Crippen molar-refractivity contribution in [3.63, 3.8) is 0 Å². The fourth-order valence-corrected chi connectivity index (χ4v) is 2.61. The summed E-state index contributed by atoms with van der Waals surface area (Å²) in [4.78, 5) is 14.2. The first kappa shape index (κ1) is 13.1. The van der Waals surface area contributed by atoms with Gasteiger partial charge in [-0.25, -0.2) is 4.98 Å². The summed E-state index contributed by atoms with van der Waals surface area (Å²) in [5.41, 5.74) is 1.94. The van der Waals surface area contributed by atoms with Gasteiger partial charge < -0.3 is 5.32 Å². The van der Waals surface area contributed by atoms with E-state index in [1.807, 2.05) is 6.92 Å². The van der Waals surface area contributed by atoms with Crippen molar-refractivity contribution in [3.05, 3.63) is 29.2 Å². The molecule has 4 nitrogen and oxygen atoms in total. The lowest BCUT2D eigenvalue weighted by molar-refractivity contribution is 0.644. The molecule has 0 saturated heterocycles. The van der Waals surface area contributed by atoms with E-state index < -0.39 is 0 Å². The fraction of sp³-hybridized carbons (Fsp3) is 0.462. The zero-order valence-electron chi connectivity index (χ0n) is 10.8. The number of hydrogen-bond acceptors (Lipinski definition) is 5. The van der Waals surface area contributed by atoms with E-state index in [0.29, 0.717) is 0 Å². The number of hydrogen-bond donors (Lipinski definition) is 1. The normalized spacial score (nSPS) is 10.8. The SMILES string of the molecule is CCCCNCc1sc(-c2cnccn2)nc1C. The minimum atomic E-state index is 0.852. The molecule has 2 aromatic rings. The predicted octanol–water partition coefficient (Wildman–Crippen LogP) is 2.80. The second-order valence-corrected chi connectivity index (χ2v) is 5.23. The predicted molar refractivity (Wildman–Crippen MR) is 74.5 cm³/mol. The molecular formula is C13H18N4S. The second kappa shape index (κ2) is 6.56. The average Bonchev–Trinajstić information content (AvgIpc) is 2.77. The van der Waals surface area contributed by atoms with Crippen molar-refractivity contribution in [2.75, 3.05) is 6.54 Å². The first-order chi connectivity index (χ1) is 8.81. The Morgan fingerprint density at radius 2 is 2.22 bits per heavy atom. The highest BCUT2D eigenvalue weighted by Gasteiger charge is 2.09. The standard InChI is InChI=1S/C13H18N4S/c1-3-4-5-14-9-12-10(2)17-13(18-12)11-8-15-6-7-16-11/h6-8,14H,3-5,9H2,1-2H3. The van der Waals surface area contributed by atoms with E-state index in [2.05, 4.69) is 27.2 Å². The molecule has 1 N–H and O–H groups in total. The van der Waals surface area contributed by atoms with Gasteiger partial charge >= 0.3 is 0 Å². The van der Waals surface area contributed by atoms with E-state index in [4.69, 9.17) is 0 Å². The Morgan fingerprint density at radius 3 is 2.94 bits per heavy atom. The Labute approximate surface area is 112 Å². The maximum Gasteiger partial charge on any atom is 0.144 e. The summed E-state index contributed by atoms with van der Waals surface area (Å²) in [6, 6.07) is 0. The molecule has 0 radical (unpaired) electrons. The Balaban J connectivity index is 2.03. The molecule has 0 aliphatic heterocycles. The van der Waals surface area contributed by atoms with Gasteiger partial charge in [-0.3, -0.25) is 9.97 Å². The number of nitrogens with one attached hydrogen (secondary N) is 1. The smallest absolute Gasteiger partial charge is 0.144 e. The van der Waals surface area contributed by atoms with Gasteiger partial charge in [-0.1, -0.05) is 13.3 Å². The van der Waals surface area contributed by atoms with Gasteiger partial charge in [-0.2, -0.15) is 0 Å². The van der Waals surface area contributed by atoms with E-state index in [0.717, 1.165) is 29.5 Å². The van der Waals surface area contributed by atoms with Crippen molar-refractivity contribution >= 4 is 11.3 Å². The van der Waals surface area contributed by atoms with Crippen molar-refractivity contribution in [1.29, 1.82) is 0 Å². The van der Waals surface area contributed by atoms with Crippen LogP contribution < -0.4 is 5.32 Å². The van der Waals surface area contributed by atoms with Crippen LogP contribution in [0.25, 0.3) is 10.7 Å². The molecule has 2 heterocycles. The third kappa shape index (κ3) is 3.34. The van der Waals surface area contributed by atoms with Crippen LogP contribution in [-0.4, -0.2) is 21.5 Å². The van der Waals surface area contributed by atoms with E-state index in [1.54, 1.807) is 29.9 Å². The average molecular weight is 262 g/mol. The lowest BCUT2D eigenvalue weighted by Gasteiger charge is -2.01. The van der Waals surface area contributed by atoms with Crippen molar-refractivity contribution in [2.24, 2.45) is 0 Å². The summed E-state index contributed by atoms with van der Waals surface area (Å²) in [5, 5.41) is 4.39. The minimum absolute atomic E-state index is 0.852. The lowest BCUT2D eigenvalue weighted by atomic mass is 10.3. The molecule has 18 heavy (non-hydrogen) atoms. The third-order valence-corrected chi connectivity index (χ3v) is 3.85. The van der Waals surface area contributed by atoms with Gasteiger partial charge in [0.25, 0.3) is 0 Å². The molecule has 5 heteroatoms. The summed E-state index contributed by atoms with van der Waals surface area (Å²) >= 11 is 1.69. The second-order valence-electron chi connectivity index (χ2n) is 4.15. The summed E-state index contributed by atoms with van der Waals surface area (Å²) in [7, 11) is 0. The molecule has 0 aliphatic carbocycles. The summed E-state index contributed by atoms with van der Waals surface area (Å²) in [6.07, 6.45) is 7.57. The molecule has 0 unspecified atom stereocenters. The van der Waals surface area contributed by atoms with Crippen LogP contribution in [-0.2, 0) is 6.54 Å². The highest BCUT2D eigenvalue weighted by Crippen LogP contribution is 2.25. The Hall–Kier alpha value is -1.33. The number of aryl methyl sites for hydroxylation is 1. The first-order valence-corrected chi connectivity index (χ1v) is 7.06. The topological polar surface area (TPSA) is 50.7 Å². The molecule has 0 atom stereocenters. The molecule has 96 valence electrons. The Morgan fingerprint density at radius 1 is 1.33 bits per heavy atom. The number of unbranched alkanes of at least 4 members (excludes halogenated alkanes) is 1. The van der Waals surface area contributed by atoms with Gasteiger partial charge in [0.1, 0.15) is 10.7 Å². The van der Waals surface area contributed by atoms with Crippen molar-refractivity contribution in [3.8, 4) is 10.7 Å². The minimum Gasteiger partial charge on any atom is -0.312 e. The number of rotatable bonds is 6. The Kier molecular flexibility index (Phi) is 4.78. The van der Waals surface area contributed by atoms with E-state index >= 15 is 0 Å². The van der Waals surface area contributed by atoms with E-state index in [1.165, 1.54) is 17.7 Å². The van der Waals surface area contributed by atoms with Gasteiger partial charge in [0, 0.05) is 23.8 Å². The molecule has 0 spiro atoms. The highest BCUT2D eigenvalue weighted by molar-refractivity contribution is 7.15. The van der Waals surface area contributed by atoms with E-state index in [9.17, 15) is 0 Å². The van der Waals surface area contributed by atoms with Crippen LogP contribution in [0.2, 0.25) is 0 Å². The maximum absolute atomic E-state index is 4.56. The van der Waals surface area contributed by atoms with Crippen LogP contribution in [0.1, 0.15) is 30.3 Å². The molecule has 0 fully saturated rings. The number of nitrogens with zero attached hydrogens (tertiary/aromatic N) is 3. The van der Waals surface area contributed by atoms with Gasteiger partial charge in [0.2, 0.25) is 0 Å². The molecule has 2 aromatic heterocycles. The van der Waals surface area contributed by atoms with Crippen LogP contribution in [0.4, 0.5) is 0 Å². The largest absolute Gasteiger partial charge is 0.312 e. The van der Waals surface area contributed by atoms with Crippen molar-refractivity contribution < 1.29 is 0 Å². The monoisotopic (exact) mass is 262 g/mol. The third-order valence-electron chi connectivity index (χ3n) is 2.67. The summed E-state index contributed by atoms with van der Waals surface area (Å²) < 4.78 is 0. The molecule has 2 rings (SSSR count). The lowest BCUT2D eigenvalue weighted by Crippen LogP contribution is -2.14. The van der Waals surface area contributed by atoms with Crippen LogP contribution >= 0.6 is 11.3 Å². The van der Waals surface area contributed by atoms with Crippen molar-refractivity contribution in [1.82, 2.24) is 20.3 Å².